The van der Waals surface area contributed by atoms with Crippen molar-refractivity contribution in [2.45, 2.75) is 33.2 Å². The lowest BCUT2D eigenvalue weighted by Crippen LogP contribution is -2.19. The molecule has 0 unspecified atom stereocenters. The summed E-state index contributed by atoms with van der Waals surface area (Å²) in [6.07, 6.45) is 7.73. The number of rotatable bonds is 4. The van der Waals surface area contributed by atoms with Gasteiger partial charge in [0.1, 0.15) is 4.83 Å². The summed E-state index contributed by atoms with van der Waals surface area (Å²) >= 11 is 1.56. The summed E-state index contributed by atoms with van der Waals surface area (Å²) in [5.74, 6) is 0. The van der Waals surface area contributed by atoms with Crippen LogP contribution < -0.4 is 5.56 Å². The molecule has 0 fully saturated rings. The number of hydrogen-bond acceptors (Lipinski definition) is 3. The van der Waals surface area contributed by atoms with E-state index >= 15 is 0 Å². The zero-order valence-electron chi connectivity index (χ0n) is 10.1. The molecule has 2 aromatic rings. The van der Waals surface area contributed by atoms with Crippen molar-refractivity contribution in [3.8, 4) is 0 Å². The predicted molar refractivity (Wildman–Crippen MR) is 73.5 cm³/mol. The lowest BCUT2D eigenvalue weighted by atomic mass is 10.3. The lowest BCUT2D eigenvalue weighted by molar-refractivity contribution is 0.609. The van der Waals surface area contributed by atoms with E-state index < -0.39 is 0 Å². The molecule has 0 aliphatic heterocycles. The molecule has 0 aliphatic rings. The Kier molecular flexibility index (Phi) is 3.74. The van der Waals surface area contributed by atoms with Crippen molar-refractivity contribution in [2.24, 2.45) is 0 Å². The third-order valence-electron chi connectivity index (χ3n) is 2.62. The molecule has 0 aromatic carbocycles. The number of allylic oxidation sites excluding steroid dienone is 1. The van der Waals surface area contributed by atoms with Crippen LogP contribution in [0.25, 0.3) is 16.3 Å². The molecule has 0 atom stereocenters. The van der Waals surface area contributed by atoms with Crippen molar-refractivity contribution in [1.29, 1.82) is 0 Å². The average Bonchev–Trinajstić information content (AvgIpc) is 2.72. The summed E-state index contributed by atoms with van der Waals surface area (Å²) in [6.45, 7) is 4.84. The summed E-state index contributed by atoms with van der Waals surface area (Å²) in [6, 6.07) is 1.93. The Morgan fingerprint density at radius 2 is 2.35 bits per heavy atom. The smallest absolute Gasteiger partial charge is 0.262 e. The SMILES string of the molecule is C/C=C/c1cc2c(=O)n(CCCC)cnc2s1. The van der Waals surface area contributed by atoms with E-state index in [1.54, 1.807) is 22.2 Å². The predicted octanol–water partition coefficient (Wildman–Crippen LogP) is 3.29. The van der Waals surface area contributed by atoms with Crippen molar-refractivity contribution in [3.63, 3.8) is 0 Å². The Morgan fingerprint density at radius 3 is 3.06 bits per heavy atom. The Labute approximate surface area is 104 Å². The Hall–Kier alpha value is -1.42. The number of thiophene rings is 1. The molecule has 0 N–H and O–H groups in total. The van der Waals surface area contributed by atoms with Gasteiger partial charge < -0.3 is 0 Å². The fourth-order valence-electron chi connectivity index (χ4n) is 1.71. The third kappa shape index (κ3) is 2.47. The maximum absolute atomic E-state index is 12.2. The van der Waals surface area contributed by atoms with Crippen LogP contribution >= 0.6 is 11.3 Å². The van der Waals surface area contributed by atoms with Gasteiger partial charge in [0, 0.05) is 11.4 Å². The Morgan fingerprint density at radius 1 is 1.53 bits per heavy atom. The largest absolute Gasteiger partial charge is 0.299 e. The molecule has 2 aromatic heterocycles. The van der Waals surface area contributed by atoms with Crippen LogP contribution in [0.2, 0.25) is 0 Å². The van der Waals surface area contributed by atoms with Gasteiger partial charge in [-0.15, -0.1) is 11.3 Å². The average molecular weight is 248 g/mol. The van der Waals surface area contributed by atoms with Gasteiger partial charge in [0.15, 0.2) is 0 Å². The van der Waals surface area contributed by atoms with Crippen LogP contribution in [-0.2, 0) is 6.54 Å². The number of aryl methyl sites for hydroxylation is 1. The van der Waals surface area contributed by atoms with Gasteiger partial charge in [-0.25, -0.2) is 4.98 Å². The fraction of sp³-hybridized carbons (Fsp3) is 0.385. The monoisotopic (exact) mass is 248 g/mol. The molecule has 2 rings (SSSR count). The Balaban J connectivity index is 2.47. The molecule has 4 heteroatoms. The van der Waals surface area contributed by atoms with E-state index in [4.69, 9.17) is 0 Å². The zero-order chi connectivity index (χ0) is 12.3. The molecule has 90 valence electrons. The lowest BCUT2D eigenvalue weighted by Gasteiger charge is -2.02. The van der Waals surface area contributed by atoms with Gasteiger partial charge >= 0.3 is 0 Å². The number of unbranched alkanes of at least 4 members (excludes halogenated alkanes) is 1. The number of fused-ring (bicyclic) bond motifs is 1. The zero-order valence-corrected chi connectivity index (χ0v) is 11.0. The highest BCUT2D eigenvalue weighted by molar-refractivity contribution is 7.19. The van der Waals surface area contributed by atoms with Gasteiger partial charge in [0.25, 0.3) is 5.56 Å². The first-order chi connectivity index (χ1) is 8.26. The van der Waals surface area contributed by atoms with Gasteiger partial charge in [-0.05, 0) is 25.5 Å². The molecule has 17 heavy (non-hydrogen) atoms. The van der Waals surface area contributed by atoms with Crippen molar-refractivity contribution >= 4 is 27.6 Å². The first kappa shape index (κ1) is 12.0. The second-order valence-electron chi connectivity index (χ2n) is 3.96. The summed E-state index contributed by atoms with van der Waals surface area (Å²) in [7, 11) is 0. The first-order valence-corrected chi connectivity index (χ1v) is 6.69. The van der Waals surface area contributed by atoms with Crippen LogP contribution in [0.5, 0.6) is 0 Å². The normalized spacial score (nSPS) is 11.6. The highest BCUT2D eigenvalue weighted by atomic mass is 32.1. The molecule has 0 saturated heterocycles. The van der Waals surface area contributed by atoms with Crippen LogP contribution in [0.3, 0.4) is 0 Å². The quantitative estimate of drug-likeness (QED) is 0.832. The number of aromatic nitrogens is 2. The summed E-state index contributed by atoms with van der Waals surface area (Å²) in [4.78, 5) is 18.4. The van der Waals surface area contributed by atoms with Crippen molar-refractivity contribution in [1.82, 2.24) is 9.55 Å². The maximum atomic E-state index is 12.2. The van der Waals surface area contributed by atoms with E-state index in [0.29, 0.717) is 0 Å². The fourth-order valence-corrected chi connectivity index (χ4v) is 2.67. The van der Waals surface area contributed by atoms with Crippen LogP contribution in [0.1, 0.15) is 31.6 Å². The molecule has 0 saturated carbocycles. The van der Waals surface area contributed by atoms with E-state index in [1.165, 1.54) is 0 Å². The molecular weight excluding hydrogens is 232 g/mol. The minimum Gasteiger partial charge on any atom is -0.299 e. The minimum atomic E-state index is 0.0791. The maximum Gasteiger partial charge on any atom is 0.262 e. The van der Waals surface area contributed by atoms with E-state index in [-0.39, 0.29) is 5.56 Å². The summed E-state index contributed by atoms with van der Waals surface area (Å²) in [5.41, 5.74) is 0.0791. The molecule has 0 aliphatic carbocycles. The number of nitrogens with zero attached hydrogens (tertiary/aromatic N) is 2. The molecule has 3 nitrogen and oxygen atoms in total. The first-order valence-electron chi connectivity index (χ1n) is 5.88. The molecule has 0 radical (unpaired) electrons. The molecule has 2 heterocycles. The van der Waals surface area contributed by atoms with Crippen molar-refractivity contribution in [3.05, 3.63) is 33.7 Å². The van der Waals surface area contributed by atoms with E-state index in [1.807, 2.05) is 25.1 Å². The van der Waals surface area contributed by atoms with Crippen molar-refractivity contribution in [2.75, 3.05) is 0 Å². The highest BCUT2D eigenvalue weighted by Crippen LogP contribution is 2.21. The number of hydrogen-bond donors (Lipinski definition) is 0. The highest BCUT2D eigenvalue weighted by Gasteiger charge is 2.07. The molecular formula is C13H16N2OS. The standard InChI is InChI=1S/C13H16N2OS/c1-3-5-7-15-9-14-12-11(13(15)16)8-10(17-12)6-4-2/h4,6,8-9H,3,5,7H2,1-2H3/b6-4+. The molecule has 0 amide bonds. The van der Waals surface area contributed by atoms with Gasteiger partial charge in [-0.1, -0.05) is 19.4 Å². The van der Waals surface area contributed by atoms with Gasteiger partial charge in [-0.2, -0.15) is 0 Å². The van der Waals surface area contributed by atoms with Crippen molar-refractivity contribution < 1.29 is 0 Å². The van der Waals surface area contributed by atoms with Gasteiger partial charge in [-0.3, -0.25) is 9.36 Å². The van der Waals surface area contributed by atoms with E-state index in [2.05, 4.69) is 11.9 Å². The molecule has 0 spiro atoms. The summed E-state index contributed by atoms with van der Waals surface area (Å²) < 4.78 is 1.71. The van der Waals surface area contributed by atoms with E-state index in [9.17, 15) is 4.79 Å². The van der Waals surface area contributed by atoms with Crippen LogP contribution in [-0.4, -0.2) is 9.55 Å². The second kappa shape index (κ2) is 5.27. The van der Waals surface area contributed by atoms with Crippen LogP contribution in [0.4, 0.5) is 0 Å². The van der Waals surface area contributed by atoms with Gasteiger partial charge in [0.05, 0.1) is 11.7 Å². The Bertz CT molecular complexity index is 595. The van der Waals surface area contributed by atoms with Gasteiger partial charge in [0.2, 0.25) is 0 Å². The topological polar surface area (TPSA) is 34.9 Å². The second-order valence-corrected chi connectivity index (χ2v) is 5.03. The summed E-state index contributed by atoms with van der Waals surface area (Å²) in [5, 5.41) is 0.738. The van der Waals surface area contributed by atoms with Crippen LogP contribution in [0, 0.1) is 0 Å². The third-order valence-corrected chi connectivity index (χ3v) is 3.63. The van der Waals surface area contributed by atoms with E-state index in [0.717, 1.165) is 34.5 Å². The van der Waals surface area contributed by atoms with Crippen LogP contribution in [0.15, 0.2) is 23.3 Å². The minimum absolute atomic E-state index is 0.0791. The molecule has 0 bridgehead atoms.